The van der Waals surface area contributed by atoms with Gasteiger partial charge in [0.25, 0.3) is 0 Å². The van der Waals surface area contributed by atoms with Crippen molar-refractivity contribution in [2.24, 2.45) is 0 Å². The number of hydrogen-bond acceptors (Lipinski definition) is 3. The van der Waals surface area contributed by atoms with Crippen molar-refractivity contribution < 1.29 is 9.47 Å². The van der Waals surface area contributed by atoms with Gasteiger partial charge in [0.2, 0.25) is 0 Å². The van der Waals surface area contributed by atoms with Crippen LogP contribution >= 0.6 is 15.9 Å². The van der Waals surface area contributed by atoms with Crippen LogP contribution in [0.4, 0.5) is 0 Å². The first-order valence-corrected chi connectivity index (χ1v) is 6.53. The lowest BCUT2D eigenvalue weighted by Gasteiger charge is -2.11. The average Bonchev–Trinajstić information content (AvgIpc) is 2.38. The second kappa shape index (κ2) is 6.40. The number of para-hydroxylation sites is 2. The molecule has 94 valence electrons. The van der Waals surface area contributed by atoms with E-state index in [4.69, 9.17) is 9.47 Å². The molecule has 0 atom stereocenters. The van der Waals surface area contributed by atoms with Crippen molar-refractivity contribution in [2.45, 2.75) is 13.5 Å². The zero-order valence-electron chi connectivity index (χ0n) is 10.1. The minimum Gasteiger partial charge on any atom is -0.490 e. The third kappa shape index (κ3) is 3.47. The van der Waals surface area contributed by atoms with Gasteiger partial charge in [-0.25, -0.2) is 0 Å². The van der Waals surface area contributed by atoms with Gasteiger partial charge in [0.15, 0.2) is 11.5 Å². The summed E-state index contributed by atoms with van der Waals surface area (Å²) in [6, 6.07) is 9.64. The first-order chi connectivity index (χ1) is 8.79. The van der Waals surface area contributed by atoms with Crippen molar-refractivity contribution in [1.29, 1.82) is 0 Å². The van der Waals surface area contributed by atoms with Crippen LogP contribution in [-0.2, 0) is 6.61 Å². The highest BCUT2D eigenvalue weighted by molar-refractivity contribution is 9.10. The van der Waals surface area contributed by atoms with Crippen molar-refractivity contribution in [1.82, 2.24) is 4.98 Å². The minimum absolute atomic E-state index is 0.469. The van der Waals surface area contributed by atoms with Crippen molar-refractivity contribution in [3.8, 4) is 11.5 Å². The largest absolute Gasteiger partial charge is 0.490 e. The van der Waals surface area contributed by atoms with Crippen LogP contribution in [0.2, 0.25) is 0 Å². The monoisotopic (exact) mass is 307 g/mol. The second-order valence-electron chi connectivity index (χ2n) is 3.68. The van der Waals surface area contributed by atoms with Gasteiger partial charge in [-0.15, -0.1) is 0 Å². The summed E-state index contributed by atoms with van der Waals surface area (Å²) in [5.41, 5.74) is 1.01. The Labute approximate surface area is 115 Å². The molecule has 2 aromatic rings. The van der Waals surface area contributed by atoms with Gasteiger partial charge < -0.3 is 9.47 Å². The third-order valence-corrected chi connectivity index (χ3v) is 2.74. The number of ether oxygens (including phenoxy) is 2. The first-order valence-electron chi connectivity index (χ1n) is 5.73. The molecule has 1 aromatic carbocycles. The summed E-state index contributed by atoms with van der Waals surface area (Å²) in [4.78, 5) is 4.10. The number of nitrogens with zero attached hydrogens (tertiary/aromatic N) is 1. The van der Waals surface area contributed by atoms with Gasteiger partial charge in [-0.3, -0.25) is 4.98 Å². The van der Waals surface area contributed by atoms with E-state index < -0.39 is 0 Å². The molecule has 1 heterocycles. The topological polar surface area (TPSA) is 31.4 Å². The SMILES string of the molecule is CCOc1ccccc1OCc1cncc(Br)c1. The molecule has 2 rings (SSSR count). The van der Waals surface area contributed by atoms with Gasteiger partial charge in [-0.2, -0.15) is 0 Å². The molecule has 0 saturated carbocycles. The Kier molecular flexibility index (Phi) is 4.59. The predicted molar refractivity (Wildman–Crippen MR) is 73.9 cm³/mol. The highest BCUT2D eigenvalue weighted by atomic mass is 79.9. The van der Waals surface area contributed by atoms with E-state index in [-0.39, 0.29) is 0 Å². The van der Waals surface area contributed by atoms with Crippen LogP contribution < -0.4 is 9.47 Å². The van der Waals surface area contributed by atoms with Crippen LogP contribution in [0.3, 0.4) is 0 Å². The highest BCUT2D eigenvalue weighted by Crippen LogP contribution is 2.27. The molecule has 18 heavy (non-hydrogen) atoms. The fraction of sp³-hybridized carbons (Fsp3) is 0.214. The lowest BCUT2D eigenvalue weighted by atomic mass is 10.3. The van der Waals surface area contributed by atoms with Crippen molar-refractivity contribution in [3.63, 3.8) is 0 Å². The Morgan fingerprint density at radius 1 is 1.11 bits per heavy atom. The van der Waals surface area contributed by atoms with Crippen LogP contribution in [0, 0.1) is 0 Å². The molecule has 0 spiro atoms. The molecule has 0 aliphatic heterocycles. The Morgan fingerprint density at radius 3 is 2.50 bits per heavy atom. The maximum Gasteiger partial charge on any atom is 0.161 e. The van der Waals surface area contributed by atoms with E-state index in [1.165, 1.54) is 0 Å². The van der Waals surface area contributed by atoms with Crippen molar-refractivity contribution in [2.75, 3.05) is 6.61 Å². The van der Waals surface area contributed by atoms with Crippen molar-refractivity contribution in [3.05, 3.63) is 52.8 Å². The number of benzene rings is 1. The fourth-order valence-electron chi connectivity index (χ4n) is 1.54. The van der Waals surface area contributed by atoms with E-state index in [1.807, 2.05) is 37.3 Å². The van der Waals surface area contributed by atoms with Gasteiger partial charge in [0, 0.05) is 22.4 Å². The average molecular weight is 308 g/mol. The summed E-state index contributed by atoms with van der Waals surface area (Å²) in [7, 11) is 0. The van der Waals surface area contributed by atoms with Gasteiger partial charge >= 0.3 is 0 Å². The van der Waals surface area contributed by atoms with E-state index in [2.05, 4.69) is 20.9 Å². The van der Waals surface area contributed by atoms with Crippen LogP contribution in [-0.4, -0.2) is 11.6 Å². The third-order valence-electron chi connectivity index (χ3n) is 2.30. The molecule has 0 fully saturated rings. The normalized spacial score (nSPS) is 10.1. The number of halogens is 1. The van der Waals surface area contributed by atoms with E-state index >= 15 is 0 Å². The predicted octanol–water partition coefficient (Wildman–Crippen LogP) is 3.82. The number of aromatic nitrogens is 1. The molecule has 0 aliphatic carbocycles. The summed E-state index contributed by atoms with van der Waals surface area (Å²) in [6.07, 6.45) is 3.53. The zero-order chi connectivity index (χ0) is 12.8. The lowest BCUT2D eigenvalue weighted by Crippen LogP contribution is -1.99. The van der Waals surface area contributed by atoms with Crippen molar-refractivity contribution >= 4 is 15.9 Å². The second-order valence-corrected chi connectivity index (χ2v) is 4.60. The summed E-state index contributed by atoms with van der Waals surface area (Å²) in [5, 5.41) is 0. The van der Waals surface area contributed by atoms with Crippen LogP contribution in [0.25, 0.3) is 0 Å². The van der Waals surface area contributed by atoms with E-state index in [0.717, 1.165) is 21.5 Å². The Hall–Kier alpha value is -1.55. The summed E-state index contributed by atoms with van der Waals surface area (Å²) in [5.74, 6) is 1.52. The quantitative estimate of drug-likeness (QED) is 0.841. The van der Waals surface area contributed by atoms with Crippen LogP contribution in [0.5, 0.6) is 11.5 Å². The smallest absolute Gasteiger partial charge is 0.161 e. The van der Waals surface area contributed by atoms with Crippen LogP contribution in [0.1, 0.15) is 12.5 Å². The minimum atomic E-state index is 0.469. The molecule has 0 saturated heterocycles. The lowest BCUT2D eigenvalue weighted by molar-refractivity contribution is 0.269. The molecule has 3 nitrogen and oxygen atoms in total. The molecule has 4 heteroatoms. The summed E-state index contributed by atoms with van der Waals surface area (Å²) < 4.78 is 12.2. The Balaban J connectivity index is 2.06. The molecule has 0 N–H and O–H groups in total. The van der Waals surface area contributed by atoms with Gasteiger partial charge in [-0.1, -0.05) is 12.1 Å². The molecule has 0 amide bonds. The fourth-order valence-corrected chi connectivity index (χ4v) is 1.95. The molecular formula is C14H14BrNO2. The van der Waals surface area contributed by atoms with E-state index in [1.54, 1.807) is 12.4 Å². The molecular weight excluding hydrogens is 294 g/mol. The number of pyridine rings is 1. The maximum absolute atomic E-state index is 5.74. The van der Waals surface area contributed by atoms with E-state index in [0.29, 0.717) is 13.2 Å². The van der Waals surface area contributed by atoms with Gasteiger partial charge in [0.1, 0.15) is 6.61 Å². The van der Waals surface area contributed by atoms with Crippen LogP contribution in [0.15, 0.2) is 47.2 Å². The number of hydrogen-bond donors (Lipinski definition) is 0. The summed E-state index contributed by atoms with van der Waals surface area (Å²) >= 11 is 3.38. The molecule has 1 aromatic heterocycles. The number of rotatable bonds is 5. The zero-order valence-corrected chi connectivity index (χ0v) is 11.7. The Bertz CT molecular complexity index is 517. The highest BCUT2D eigenvalue weighted by Gasteiger charge is 2.04. The van der Waals surface area contributed by atoms with Gasteiger partial charge in [-0.05, 0) is 41.1 Å². The Morgan fingerprint density at radius 2 is 1.83 bits per heavy atom. The molecule has 0 aliphatic rings. The van der Waals surface area contributed by atoms with Gasteiger partial charge in [0.05, 0.1) is 6.61 Å². The molecule has 0 bridgehead atoms. The maximum atomic E-state index is 5.74. The standard InChI is InChI=1S/C14H14BrNO2/c1-2-17-13-5-3-4-6-14(13)18-10-11-7-12(15)9-16-8-11/h3-9H,2,10H2,1H3. The van der Waals surface area contributed by atoms with E-state index in [9.17, 15) is 0 Å². The molecule has 0 radical (unpaired) electrons. The molecule has 0 unspecified atom stereocenters. The first kappa shape index (κ1) is 12.9. The summed E-state index contributed by atoms with van der Waals surface area (Å²) in [6.45, 7) is 3.05.